The summed E-state index contributed by atoms with van der Waals surface area (Å²) in [5.41, 5.74) is 0.590. The molecule has 0 radical (unpaired) electrons. The topological polar surface area (TPSA) is 58.6 Å². The zero-order valence-corrected chi connectivity index (χ0v) is 12.5. The fourth-order valence-electron chi connectivity index (χ4n) is 2.49. The van der Waals surface area contributed by atoms with Gasteiger partial charge in [-0.15, -0.1) is 0 Å². The van der Waals surface area contributed by atoms with Crippen LogP contribution in [0.4, 0.5) is 5.82 Å². The van der Waals surface area contributed by atoms with Crippen LogP contribution in [0.15, 0.2) is 42.7 Å². The minimum absolute atomic E-state index is 0.0100. The van der Waals surface area contributed by atoms with Crippen molar-refractivity contribution in [2.24, 2.45) is 0 Å². The van der Waals surface area contributed by atoms with Gasteiger partial charge >= 0.3 is 0 Å². The van der Waals surface area contributed by atoms with Gasteiger partial charge in [0.15, 0.2) is 0 Å². The Bertz CT molecular complexity index is 622. The van der Waals surface area contributed by atoms with Gasteiger partial charge in [0.2, 0.25) is 5.88 Å². The van der Waals surface area contributed by atoms with E-state index in [9.17, 15) is 4.79 Å². The van der Waals surface area contributed by atoms with Gasteiger partial charge in [-0.2, -0.15) is 0 Å². The molecule has 0 unspecified atom stereocenters. The number of ether oxygens (including phenoxy) is 1. The second kappa shape index (κ2) is 6.43. The minimum Gasteiger partial charge on any atom is -0.481 e. The van der Waals surface area contributed by atoms with Gasteiger partial charge in [-0.3, -0.25) is 4.79 Å². The molecular formula is C16H18N4O2. The first-order valence-electron chi connectivity index (χ1n) is 7.23. The van der Waals surface area contributed by atoms with E-state index in [0.717, 1.165) is 18.9 Å². The van der Waals surface area contributed by atoms with Crippen LogP contribution in [0.5, 0.6) is 5.88 Å². The predicted octanol–water partition coefficient (Wildman–Crippen LogP) is 1.45. The molecule has 2 aromatic rings. The van der Waals surface area contributed by atoms with Crippen LogP contribution in [0.1, 0.15) is 10.4 Å². The van der Waals surface area contributed by atoms with Gasteiger partial charge in [0.25, 0.3) is 5.91 Å². The van der Waals surface area contributed by atoms with Crippen LogP contribution < -0.4 is 9.64 Å². The number of anilines is 1. The van der Waals surface area contributed by atoms with Crippen molar-refractivity contribution in [3.8, 4) is 5.88 Å². The van der Waals surface area contributed by atoms with Crippen LogP contribution in [0, 0.1) is 0 Å². The van der Waals surface area contributed by atoms with E-state index in [2.05, 4.69) is 14.9 Å². The predicted molar refractivity (Wildman–Crippen MR) is 83.1 cm³/mol. The van der Waals surface area contributed by atoms with Gasteiger partial charge in [0.1, 0.15) is 5.82 Å². The Labute approximate surface area is 129 Å². The summed E-state index contributed by atoms with van der Waals surface area (Å²) in [5, 5.41) is 0. The molecule has 1 fully saturated rings. The van der Waals surface area contributed by atoms with E-state index in [-0.39, 0.29) is 5.91 Å². The molecular weight excluding hydrogens is 280 g/mol. The maximum Gasteiger partial charge on any atom is 0.255 e. The molecule has 1 amide bonds. The monoisotopic (exact) mass is 298 g/mol. The zero-order chi connectivity index (χ0) is 15.4. The number of nitrogens with zero attached hydrogens (tertiary/aromatic N) is 4. The van der Waals surface area contributed by atoms with Gasteiger partial charge in [-0.1, -0.05) is 6.07 Å². The SMILES string of the molecule is COc1ccc(C(=O)N2CCN(c3ccccn3)CC2)cn1. The average molecular weight is 298 g/mol. The third-order valence-corrected chi connectivity index (χ3v) is 3.73. The highest BCUT2D eigenvalue weighted by atomic mass is 16.5. The summed E-state index contributed by atoms with van der Waals surface area (Å²) in [6.07, 6.45) is 3.35. The molecule has 2 aromatic heterocycles. The van der Waals surface area contributed by atoms with Crippen molar-refractivity contribution in [2.75, 3.05) is 38.2 Å². The maximum absolute atomic E-state index is 12.5. The number of pyridine rings is 2. The lowest BCUT2D eigenvalue weighted by atomic mass is 10.2. The minimum atomic E-state index is 0.0100. The van der Waals surface area contributed by atoms with E-state index in [4.69, 9.17) is 4.74 Å². The average Bonchev–Trinajstić information content (AvgIpc) is 2.62. The van der Waals surface area contributed by atoms with Crippen molar-refractivity contribution in [3.05, 3.63) is 48.3 Å². The Kier molecular flexibility index (Phi) is 4.18. The molecule has 0 saturated carbocycles. The molecule has 1 aliphatic rings. The highest BCUT2D eigenvalue weighted by molar-refractivity contribution is 5.94. The molecule has 0 aliphatic carbocycles. The Morgan fingerprint density at radius 2 is 1.91 bits per heavy atom. The third kappa shape index (κ3) is 3.00. The molecule has 0 bridgehead atoms. The normalized spacial score (nSPS) is 14.8. The molecule has 3 rings (SSSR count). The number of hydrogen-bond donors (Lipinski definition) is 0. The van der Waals surface area contributed by atoms with Gasteiger partial charge in [-0.25, -0.2) is 9.97 Å². The van der Waals surface area contributed by atoms with Crippen molar-refractivity contribution in [2.45, 2.75) is 0 Å². The van der Waals surface area contributed by atoms with Crippen LogP contribution in [-0.4, -0.2) is 54.1 Å². The maximum atomic E-state index is 12.5. The Balaban J connectivity index is 1.62. The lowest BCUT2D eigenvalue weighted by molar-refractivity contribution is 0.0746. The number of aromatic nitrogens is 2. The largest absolute Gasteiger partial charge is 0.481 e. The number of rotatable bonds is 3. The molecule has 0 atom stereocenters. The summed E-state index contributed by atoms with van der Waals surface area (Å²) in [5.74, 6) is 1.48. The lowest BCUT2D eigenvalue weighted by Gasteiger charge is -2.35. The number of carbonyl (C=O) groups excluding carboxylic acids is 1. The summed E-state index contributed by atoms with van der Waals surface area (Å²) in [7, 11) is 1.56. The first-order chi connectivity index (χ1) is 10.8. The summed E-state index contributed by atoms with van der Waals surface area (Å²) in [6, 6.07) is 9.32. The van der Waals surface area contributed by atoms with Crippen molar-refractivity contribution in [1.29, 1.82) is 0 Å². The van der Waals surface area contributed by atoms with Crippen molar-refractivity contribution in [3.63, 3.8) is 0 Å². The van der Waals surface area contributed by atoms with Crippen LogP contribution >= 0.6 is 0 Å². The standard InChI is InChI=1S/C16H18N4O2/c1-22-15-6-5-13(12-18-15)16(21)20-10-8-19(9-11-20)14-4-2-3-7-17-14/h2-7,12H,8-11H2,1H3. The summed E-state index contributed by atoms with van der Waals surface area (Å²) >= 11 is 0. The van der Waals surface area contributed by atoms with Gasteiger partial charge in [0.05, 0.1) is 12.7 Å². The third-order valence-electron chi connectivity index (χ3n) is 3.73. The second-order valence-electron chi connectivity index (χ2n) is 5.06. The highest BCUT2D eigenvalue weighted by Gasteiger charge is 2.22. The van der Waals surface area contributed by atoms with Gasteiger partial charge < -0.3 is 14.5 Å². The summed E-state index contributed by atoms with van der Waals surface area (Å²) in [6.45, 7) is 2.93. The smallest absolute Gasteiger partial charge is 0.255 e. The molecule has 0 N–H and O–H groups in total. The van der Waals surface area contributed by atoms with E-state index < -0.39 is 0 Å². The fourth-order valence-corrected chi connectivity index (χ4v) is 2.49. The first-order valence-corrected chi connectivity index (χ1v) is 7.23. The molecule has 114 valence electrons. The lowest BCUT2D eigenvalue weighted by Crippen LogP contribution is -2.49. The van der Waals surface area contributed by atoms with Crippen molar-refractivity contribution >= 4 is 11.7 Å². The van der Waals surface area contributed by atoms with Gasteiger partial charge in [-0.05, 0) is 18.2 Å². The van der Waals surface area contributed by atoms with Crippen molar-refractivity contribution < 1.29 is 9.53 Å². The molecule has 1 aliphatic heterocycles. The number of piperazine rings is 1. The Morgan fingerprint density at radius 3 is 2.50 bits per heavy atom. The van der Waals surface area contributed by atoms with Crippen LogP contribution in [-0.2, 0) is 0 Å². The van der Waals surface area contributed by atoms with E-state index >= 15 is 0 Å². The number of amides is 1. The molecule has 1 saturated heterocycles. The summed E-state index contributed by atoms with van der Waals surface area (Å²) in [4.78, 5) is 24.9. The van der Waals surface area contributed by atoms with E-state index in [1.165, 1.54) is 0 Å². The van der Waals surface area contributed by atoms with E-state index in [1.807, 2.05) is 23.1 Å². The first kappa shape index (κ1) is 14.3. The molecule has 6 heteroatoms. The van der Waals surface area contributed by atoms with Crippen LogP contribution in [0.3, 0.4) is 0 Å². The molecule has 6 nitrogen and oxygen atoms in total. The molecule has 3 heterocycles. The fraction of sp³-hybridized carbons (Fsp3) is 0.312. The second-order valence-corrected chi connectivity index (χ2v) is 5.06. The number of carbonyl (C=O) groups is 1. The quantitative estimate of drug-likeness (QED) is 0.858. The summed E-state index contributed by atoms with van der Waals surface area (Å²) < 4.78 is 5.01. The van der Waals surface area contributed by atoms with Crippen LogP contribution in [0.25, 0.3) is 0 Å². The van der Waals surface area contributed by atoms with Gasteiger partial charge in [0, 0.05) is 44.6 Å². The molecule has 22 heavy (non-hydrogen) atoms. The van der Waals surface area contributed by atoms with Crippen molar-refractivity contribution in [1.82, 2.24) is 14.9 Å². The van der Waals surface area contributed by atoms with Crippen LogP contribution in [0.2, 0.25) is 0 Å². The number of methoxy groups -OCH3 is 1. The molecule has 0 aromatic carbocycles. The number of hydrogen-bond acceptors (Lipinski definition) is 5. The zero-order valence-electron chi connectivity index (χ0n) is 12.5. The Morgan fingerprint density at radius 1 is 1.09 bits per heavy atom. The van der Waals surface area contributed by atoms with E-state index in [1.54, 1.807) is 31.6 Å². The highest BCUT2D eigenvalue weighted by Crippen LogP contribution is 2.15. The Hall–Kier alpha value is -2.63. The van der Waals surface area contributed by atoms with E-state index in [0.29, 0.717) is 24.5 Å². The molecule has 0 spiro atoms.